The molecule has 0 aliphatic heterocycles. The minimum absolute atomic E-state index is 0.0152. The van der Waals surface area contributed by atoms with Crippen LogP contribution in [0.2, 0.25) is 0 Å². The smallest absolute Gasteiger partial charge is 0.435 e. The normalized spacial score (nSPS) is 11.8. The Balaban J connectivity index is 2.48. The highest BCUT2D eigenvalue weighted by Crippen LogP contribution is 2.32. The Labute approximate surface area is 106 Å². The van der Waals surface area contributed by atoms with Gasteiger partial charge in [0.25, 0.3) is 0 Å². The van der Waals surface area contributed by atoms with Gasteiger partial charge in [-0.15, -0.1) is 0 Å². The number of ether oxygens (including phenoxy) is 1. The number of imidazole rings is 1. The third-order valence-corrected chi connectivity index (χ3v) is 2.50. The third kappa shape index (κ3) is 2.69. The first kappa shape index (κ1) is 13.4. The summed E-state index contributed by atoms with van der Waals surface area (Å²) in [4.78, 5) is 14.9. The number of alkyl halides is 3. The molecule has 2 rings (SSSR count). The van der Waals surface area contributed by atoms with Crippen LogP contribution >= 0.6 is 0 Å². The second-order valence-electron chi connectivity index (χ2n) is 3.81. The van der Waals surface area contributed by atoms with Gasteiger partial charge in [-0.1, -0.05) is 6.07 Å². The number of esters is 1. The van der Waals surface area contributed by atoms with Crippen LogP contribution in [0, 0.1) is 0 Å². The molecule has 0 fully saturated rings. The number of pyridine rings is 1. The van der Waals surface area contributed by atoms with E-state index in [1.807, 2.05) is 0 Å². The fourth-order valence-electron chi connectivity index (χ4n) is 1.78. The molecular formula is C12H11F3N2O2. The van der Waals surface area contributed by atoms with Crippen LogP contribution in [0.3, 0.4) is 0 Å². The lowest BCUT2D eigenvalue weighted by Crippen LogP contribution is -2.10. The molecule has 102 valence electrons. The standard InChI is InChI=1S/C12H11F3N2O2/c1-2-19-10(18)7-9-16-11(12(13,14)15)8-5-3-4-6-17(8)9/h3-6H,2,7H2,1H3. The number of fused-ring (bicyclic) bond motifs is 1. The molecule has 0 N–H and O–H groups in total. The van der Waals surface area contributed by atoms with E-state index in [2.05, 4.69) is 4.98 Å². The molecule has 0 aliphatic carbocycles. The van der Waals surface area contributed by atoms with Gasteiger partial charge in [-0.2, -0.15) is 13.2 Å². The van der Waals surface area contributed by atoms with Gasteiger partial charge in [0.1, 0.15) is 12.2 Å². The summed E-state index contributed by atoms with van der Waals surface area (Å²) in [5, 5.41) is 0. The molecule has 0 saturated carbocycles. The Morgan fingerprint density at radius 2 is 2.16 bits per heavy atom. The zero-order valence-electron chi connectivity index (χ0n) is 10.1. The molecule has 2 heterocycles. The van der Waals surface area contributed by atoms with E-state index < -0.39 is 17.8 Å². The summed E-state index contributed by atoms with van der Waals surface area (Å²) in [5.74, 6) is -0.589. The van der Waals surface area contributed by atoms with Crippen molar-refractivity contribution in [2.75, 3.05) is 6.61 Å². The number of aromatic nitrogens is 2. The SMILES string of the molecule is CCOC(=O)Cc1nc(C(F)(F)F)c2ccccn12. The topological polar surface area (TPSA) is 43.6 Å². The Morgan fingerprint density at radius 1 is 1.42 bits per heavy atom. The monoisotopic (exact) mass is 272 g/mol. The predicted molar refractivity (Wildman–Crippen MR) is 60.5 cm³/mol. The van der Waals surface area contributed by atoms with Crippen LogP contribution in [-0.4, -0.2) is 22.0 Å². The van der Waals surface area contributed by atoms with Gasteiger partial charge in [0, 0.05) is 6.20 Å². The number of rotatable bonds is 3. The lowest BCUT2D eigenvalue weighted by atomic mass is 10.3. The predicted octanol–water partition coefficient (Wildman–Crippen LogP) is 2.46. The molecule has 2 aromatic heterocycles. The van der Waals surface area contributed by atoms with Crippen molar-refractivity contribution in [1.82, 2.24) is 9.38 Å². The van der Waals surface area contributed by atoms with Gasteiger partial charge >= 0.3 is 12.1 Å². The Hall–Kier alpha value is -2.05. The van der Waals surface area contributed by atoms with E-state index in [0.717, 1.165) is 0 Å². The average molecular weight is 272 g/mol. The number of carbonyl (C=O) groups excluding carboxylic acids is 1. The van der Waals surface area contributed by atoms with Crippen LogP contribution in [0.1, 0.15) is 18.4 Å². The first-order valence-electron chi connectivity index (χ1n) is 5.62. The highest BCUT2D eigenvalue weighted by atomic mass is 19.4. The van der Waals surface area contributed by atoms with Gasteiger partial charge < -0.3 is 9.14 Å². The zero-order chi connectivity index (χ0) is 14.0. The highest BCUT2D eigenvalue weighted by Gasteiger charge is 2.36. The summed E-state index contributed by atoms with van der Waals surface area (Å²) in [6.45, 7) is 1.80. The molecule has 7 heteroatoms. The van der Waals surface area contributed by atoms with E-state index >= 15 is 0 Å². The second-order valence-corrected chi connectivity index (χ2v) is 3.81. The summed E-state index contributed by atoms with van der Waals surface area (Å²) in [6, 6.07) is 4.37. The lowest BCUT2D eigenvalue weighted by molar-refractivity contribution is -0.143. The number of hydrogen-bond acceptors (Lipinski definition) is 3. The third-order valence-electron chi connectivity index (χ3n) is 2.50. The van der Waals surface area contributed by atoms with Gasteiger partial charge in [-0.3, -0.25) is 4.79 Å². The highest BCUT2D eigenvalue weighted by molar-refractivity contribution is 5.72. The Morgan fingerprint density at radius 3 is 2.79 bits per heavy atom. The molecular weight excluding hydrogens is 261 g/mol. The van der Waals surface area contributed by atoms with Crippen LogP contribution in [0.5, 0.6) is 0 Å². The molecule has 4 nitrogen and oxygen atoms in total. The second kappa shape index (κ2) is 4.91. The summed E-state index contributed by atoms with van der Waals surface area (Å²) < 4.78 is 44.4. The molecule has 0 spiro atoms. The first-order valence-corrected chi connectivity index (χ1v) is 5.62. The molecule has 0 amide bonds. The number of hydrogen-bond donors (Lipinski definition) is 0. The van der Waals surface area contributed by atoms with Crippen molar-refractivity contribution >= 4 is 11.5 Å². The van der Waals surface area contributed by atoms with Crippen LogP contribution in [0.15, 0.2) is 24.4 Å². The van der Waals surface area contributed by atoms with Crippen molar-refractivity contribution in [2.45, 2.75) is 19.5 Å². The molecule has 0 aliphatic rings. The molecule has 0 radical (unpaired) electrons. The minimum atomic E-state index is -4.56. The molecule has 0 saturated heterocycles. The van der Waals surface area contributed by atoms with E-state index in [1.54, 1.807) is 13.0 Å². The van der Waals surface area contributed by atoms with Crippen LogP contribution in [0.25, 0.3) is 5.52 Å². The number of halogens is 3. The number of nitrogens with zero attached hydrogens (tertiary/aromatic N) is 2. The molecule has 0 bridgehead atoms. The van der Waals surface area contributed by atoms with Gasteiger partial charge in [0.15, 0.2) is 5.69 Å². The van der Waals surface area contributed by atoms with E-state index in [0.29, 0.717) is 0 Å². The maximum Gasteiger partial charge on any atom is 0.435 e. The first-order chi connectivity index (χ1) is 8.93. The van der Waals surface area contributed by atoms with Crippen molar-refractivity contribution in [3.63, 3.8) is 0 Å². The van der Waals surface area contributed by atoms with Crippen molar-refractivity contribution in [3.05, 3.63) is 35.9 Å². The molecule has 0 atom stereocenters. The van der Waals surface area contributed by atoms with E-state index in [9.17, 15) is 18.0 Å². The van der Waals surface area contributed by atoms with Gasteiger partial charge in [-0.05, 0) is 19.1 Å². The van der Waals surface area contributed by atoms with Gasteiger partial charge in [0.05, 0.1) is 12.1 Å². The van der Waals surface area contributed by atoms with Gasteiger partial charge in [0.2, 0.25) is 0 Å². The van der Waals surface area contributed by atoms with E-state index in [1.165, 1.54) is 22.7 Å². The van der Waals surface area contributed by atoms with Crippen molar-refractivity contribution in [2.24, 2.45) is 0 Å². The molecule has 2 aromatic rings. The molecule has 0 unspecified atom stereocenters. The number of carbonyl (C=O) groups is 1. The van der Waals surface area contributed by atoms with Crippen LogP contribution < -0.4 is 0 Å². The van der Waals surface area contributed by atoms with Crippen molar-refractivity contribution in [1.29, 1.82) is 0 Å². The van der Waals surface area contributed by atoms with Crippen LogP contribution in [0.4, 0.5) is 13.2 Å². The Kier molecular flexibility index (Phi) is 3.46. The summed E-state index contributed by atoms with van der Waals surface area (Å²) in [7, 11) is 0. The van der Waals surface area contributed by atoms with Gasteiger partial charge in [-0.25, -0.2) is 4.98 Å². The summed E-state index contributed by atoms with van der Waals surface area (Å²) in [5.41, 5.74) is -1.07. The average Bonchev–Trinajstić information content (AvgIpc) is 2.69. The van der Waals surface area contributed by atoms with Crippen LogP contribution in [-0.2, 0) is 22.1 Å². The summed E-state index contributed by atoms with van der Waals surface area (Å²) >= 11 is 0. The van der Waals surface area contributed by atoms with E-state index in [-0.39, 0.29) is 24.4 Å². The largest absolute Gasteiger partial charge is 0.466 e. The van der Waals surface area contributed by atoms with Crippen molar-refractivity contribution < 1.29 is 22.7 Å². The minimum Gasteiger partial charge on any atom is -0.466 e. The Bertz CT molecular complexity index is 605. The maximum atomic E-state index is 12.8. The quantitative estimate of drug-likeness (QED) is 0.806. The fraction of sp³-hybridized carbons (Fsp3) is 0.333. The molecule has 0 aromatic carbocycles. The van der Waals surface area contributed by atoms with Crippen molar-refractivity contribution in [3.8, 4) is 0 Å². The summed E-state index contributed by atoms with van der Waals surface area (Å²) in [6.07, 6.45) is -3.42. The fourth-order valence-corrected chi connectivity index (χ4v) is 1.78. The van der Waals surface area contributed by atoms with E-state index in [4.69, 9.17) is 4.74 Å². The zero-order valence-corrected chi connectivity index (χ0v) is 10.1. The maximum absolute atomic E-state index is 12.8. The lowest BCUT2D eigenvalue weighted by Gasteiger charge is -2.02. The molecule has 19 heavy (non-hydrogen) atoms.